The van der Waals surface area contributed by atoms with Gasteiger partial charge in [0, 0.05) is 11.1 Å². The smallest absolute Gasteiger partial charge is 0.123 e. The van der Waals surface area contributed by atoms with E-state index in [-0.39, 0.29) is 36.9 Å². The lowest BCUT2D eigenvalue weighted by Crippen LogP contribution is -2.07. The number of benzene rings is 4. The predicted molar refractivity (Wildman–Crippen MR) is 154 cm³/mol. The molecule has 0 radical (unpaired) electrons. The van der Waals surface area contributed by atoms with Crippen molar-refractivity contribution in [2.45, 2.75) is 25.3 Å². The molecular formula is C34H26F2N4O2. The Balaban J connectivity index is 0.000000137. The average molecular weight is 561 g/mol. The minimum atomic E-state index is -0.331. The van der Waals surface area contributed by atoms with Crippen LogP contribution in [0.3, 0.4) is 0 Å². The van der Waals surface area contributed by atoms with E-state index in [0.717, 1.165) is 44.8 Å². The summed E-state index contributed by atoms with van der Waals surface area (Å²) in [5.41, 5.74) is 9.37. The second kappa shape index (κ2) is 10.5. The quantitative estimate of drug-likeness (QED) is 0.266. The van der Waals surface area contributed by atoms with E-state index in [2.05, 4.69) is 34.2 Å². The predicted octanol–water partition coefficient (Wildman–Crippen LogP) is 6.27. The lowest BCUT2D eigenvalue weighted by molar-refractivity contribution is 0.281. The third-order valence-electron chi connectivity index (χ3n) is 7.91. The molecule has 0 amide bonds. The summed E-state index contributed by atoms with van der Waals surface area (Å²) in [7, 11) is 0. The molecule has 2 aliphatic rings. The monoisotopic (exact) mass is 560 g/mol. The molecule has 0 bridgehead atoms. The van der Waals surface area contributed by atoms with E-state index in [1.54, 1.807) is 12.7 Å². The van der Waals surface area contributed by atoms with Crippen molar-refractivity contribution >= 4 is 0 Å². The molecule has 2 aliphatic heterocycles. The summed E-state index contributed by atoms with van der Waals surface area (Å²) in [6.07, 6.45) is 7.18. The Kier molecular flexibility index (Phi) is 6.49. The molecule has 2 atom stereocenters. The Labute approximate surface area is 240 Å². The Morgan fingerprint density at radius 3 is 1.45 bits per heavy atom. The van der Waals surface area contributed by atoms with Crippen molar-refractivity contribution in [1.82, 2.24) is 19.1 Å². The van der Waals surface area contributed by atoms with Gasteiger partial charge in [0.15, 0.2) is 0 Å². The molecule has 0 fully saturated rings. The van der Waals surface area contributed by atoms with Crippen LogP contribution in [0, 0.1) is 11.6 Å². The van der Waals surface area contributed by atoms with Gasteiger partial charge in [-0.15, -0.1) is 0 Å². The van der Waals surface area contributed by atoms with E-state index in [4.69, 9.17) is 0 Å². The van der Waals surface area contributed by atoms with Gasteiger partial charge in [0.25, 0.3) is 0 Å². The van der Waals surface area contributed by atoms with E-state index < -0.39 is 0 Å². The summed E-state index contributed by atoms with van der Waals surface area (Å²) in [6, 6.07) is 25.4. The van der Waals surface area contributed by atoms with Crippen molar-refractivity contribution in [2.24, 2.45) is 0 Å². The SMILES string of the molecule is OCc1cc(F)cc([C@@H]2c3ccccc3-c3cncn32)c1.OCc1cc(F)cc([C@H]2c3ccccc3-c3cncn32)c1. The van der Waals surface area contributed by atoms with Gasteiger partial charge in [-0.1, -0.05) is 60.7 Å². The molecule has 0 aliphatic carbocycles. The number of rotatable bonds is 4. The second-order valence-corrected chi connectivity index (χ2v) is 10.5. The number of hydrogen-bond donors (Lipinski definition) is 2. The maximum atomic E-state index is 13.8. The maximum absolute atomic E-state index is 13.8. The fraction of sp³-hybridized carbons (Fsp3) is 0.118. The van der Waals surface area contributed by atoms with Crippen molar-refractivity contribution in [1.29, 1.82) is 0 Å². The highest BCUT2D eigenvalue weighted by Gasteiger charge is 2.31. The van der Waals surface area contributed by atoms with Crippen molar-refractivity contribution in [3.8, 4) is 22.5 Å². The fourth-order valence-corrected chi connectivity index (χ4v) is 6.20. The average Bonchev–Trinajstić information content (AvgIpc) is 3.78. The minimum absolute atomic E-state index is 0.0975. The summed E-state index contributed by atoms with van der Waals surface area (Å²) < 4.78 is 31.7. The zero-order chi connectivity index (χ0) is 28.8. The highest BCUT2D eigenvalue weighted by atomic mass is 19.1. The number of aliphatic hydroxyl groups is 2. The van der Waals surface area contributed by atoms with Crippen LogP contribution in [-0.4, -0.2) is 29.3 Å². The molecule has 2 N–H and O–H groups in total. The zero-order valence-corrected chi connectivity index (χ0v) is 22.4. The van der Waals surface area contributed by atoms with Crippen LogP contribution in [-0.2, 0) is 13.2 Å². The number of nitrogens with zero attached hydrogens (tertiary/aromatic N) is 4. The molecule has 208 valence electrons. The number of imidazole rings is 2. The largest absolute Gasteiger partial charge is 0.392 e. The van der Waals surface area contributed by atoms with Gasteiger partial charge >= 0.3 is 0 Å². The molecule has 8 heteroatoms. The first kappa shape index (κ1) is 26.0. The second-order valence-electron chi connectivity index (χ2n) is 10.5. The van der Waals surface area contributed by atoms with E-state index >= 15 is 0 Å². The molecule has 0 saturated carbocycles. The first-order chi connectivity index (χ1) is 20.6. The van der Waals surface area contributed by atoms with Crippen LogP contribution in [0.25, 0.3) is 22.5 Å². The number of hydrogen-bond acceptors (Lipinski definition) is 4. The Bertz CT molecular complexity index is 1790. The van der Waals surface area contributed by atoms with Crippen molar-refractivity contribution in [3.05, 3.63) is 155 Å². The Morgan fingerprint density at radius 2 is 1.02 bits per heavy atom. The topological polar surface area (TPSA) is 76.1 Å². The highest BCUT2D eigenvalue weighted by molar-refractivity contribution is 5.71. The molecule has 0 unspecified atom stereocenters. The molecule has 4 heterocycles. The van der Waals surface area contributed by atoms with Crippen LogP contribution >= 0.6 is 0 Å². The van der Waals surface area contributed by atoms with Gasteiger partial charge in [-0.2, -0.15) is 0 Å². The molecule has 8 rings (SSSR count). The molecule has 0 saturated heterocycles. The lowest BCUT2D eigenvalue weighted by Gasteiger charge is -2.16. The standard InChI is InChI=1S/2C17H13FN2O/c2*18-13-6-11(9-21)5-12(7-13)17-15-4-2-1-3-14(15)16-8-19-10-20(16)17/h2*1-8,10,17,21H,9H2/t2*17-/m10/s1. The Hall–Kier alpha value is -4.92. The van der Waals surface area contributed by atoms with E-state index in [1.807, 2.05) is 57.9 Å². The number of aliphatic hydroxyl groups excluding tert-OH is 2. The van der Waals surface area contributed by atoms with E-state index in [0.29, 0.717) is 11.1 Å². The third-order valence-corrected chi connectivity index (χ3v) is 7.91. The van der Waals surface area contributed by atoms with Crippen LogP contribution in [0.1, 0.15) is 45.5 Å². The molecular weight excluding hydrogens is 534 g/mol. The van der Waals surface area contributed by atoms with Gasteiger partial charge in [0.1, 0.15) is 11.6 Å². The molecule has 42 heavy (non-hydrogen) atoms. The number of aromatic nitrogens is 4. The highest BCUT2D eigenvalue weighted by Crippen LogP contribution is 2.44. The summed E-state index contributed by atoms with van der Waals surface area (Å²) in [5.74, 6) is -0.662. The molecule has 0 spiro atoms. The summed E-state index contributed by atoms with van der Waals surface area (Å²) >= 11 is 0. The van der Waals surface area contributed by atoms with E-state index in [9.17, 15) is 19.0 Å². The summed E-state index contributed by atoms with van der Waals surface area (Å²) in [6.45, 7) is -0.341. The minimum Gasteiger partial charge on any atom is -0.392 e. The third kappa shape index (κ3) is 4.32. The van der Waals surface area contributed by atoms with Gasteiger partial charge in [0.2, 0.25) is 0 Å². The van der Waals surface area contributed by atoms with Crippen molar-refractivity contribution in [3.63, 3.8) is 0 Å². The van der Waals surface area contributed by atoms with Gasteiger partial charge < -0.3 is 19.3 Å². The normalized spacial score (nSPS) is 15.8. The van der Waals surface area contributed by atoms with Crippen LogP contribution < -0.4 is 0 Å². The van der Waals surface area contributed by atoms with Crippen LogP contribution in [0.4, 0.5) is 8.78 Å². The van der Waals surface area contributed by atoms with Crippen LogP contribution in [0.5, 0.6) is 0 Å². The zero-order valence-electron chi connectivity index (χ0n) is 22.4. The van der Waals surface area contributed by atoms with Gasteiger partial charge in [-0.25, -0.2) is 18.7 Å². The summed E-state index contributed by atoms with van der Waals surface area (Å²) in [5, 5.41) is 18.6. The number of fused-ring (bicyclic) bond motifs is 6. The van der Waals surface area contributed by atoms with Crippen LogP contribution in [0.2, 0.25) is 0 Å². The molecule has 6 aromatic rings. The summed E-state index contributed by atoms with van der Waals surface area (Å²) in [4.78, 5) is 8.41. The molecule has 4 aromatic carbocycles. The fourth-order valence-electron chi connectivity index (χ4n) is 6.20. The van der Waals surface area contributed by atoms with Crippen molar-refractivity contribution < 1.29 is 19.0 Å². The lowest BCUT2D eigenvalue weighted by atomic mass is 9.96. The molecule has 6 nitrogen and oxygen atoms in total. The first-order valence-corrected chi connectivity index (χ1v) is 13.6. The Morgan fingerprint density at radius 1 is 0.595 bits per heavy atom. The van der Waals surface area contributed by atoms with Gasteiger partial charge in [-0.05, 0) is 57.6 Å². The van der Waals surface area contributed by atoms with Crippen LogP contribution in [0.15, 0.2) is 110 Å². The van der Waals surface area contributed by atoms with Gasteiger partial charge in [-0.3, -0.25) is 0 Å². The molecule has 2 aromatic heterocycles. The maximum Gasteiger partial charge on any atom is 0.123 e. The first-order valence-electron chi connectivity index (χ1n) is 13.6. The van der Waals surface area contributed by atoms with Gasteiger partial charge in [0.05, 0.1) is 61.7 Å². The number of halogens is 2. The van der Waals surface area contributed by atoms with Crippen molar-refractivity contribution in [2.75, 3.05) is 0 Å². The van der Waals surface area contributed by atoms with E-state index in [1.165, 1.54) is 24.3 Å².